The first-order valence-electron chi connectivity index (χ1n) is 12.7. The van der Waals surface area contributed by atoms with Crippen LogP contribution < -0.4 is 10.2 Å². The van der Waals surface area contributed by atoms with Crippen molar-refractivity contribution in [3.05, 3.63) is 75.4 Å². The van der Waals surface area contributed by atoms with Gasteiger partial charge in [-0.1, -0.05) is 31.9 Å². The number of fused-ring (bicyclic) bond motifs is 2. The number of hydrogen-bond acceptors (Lipinski definition) is 6. The van der Waals surface area contributed by atoms with E-state index in [4.69, 9.17) is 13.9 Å². The molecule has 2 aliphatic heterocycles. The fourth-order valence-corrected chi connectivity index (χ4v) is 4.96. The summed E-state index contributed by atoms with van der Waals surface area (Å²) in [4.78, 5) is 31.1. The van der Waals surface area contributed by atoms with Crippen LogP contribution in [0.25, 0.3) is 11.0 Å². The van der Waals surface area contributed by atoms with E-state index in [1.54, 1.807) is 4.90 Å². The van der Waals surface area contributed by atoms with Crippen molar-refractivity contribution in [3.8, 4) is 5.75 Å². The van der Waals surface area contributed by atoms with E-state index in [0.717, 1.165) is 37.9 Å². The van der Waals surface area contributed by atoms with E-state index >= 15 is 0 Å². The molecule has 1 unspecified atom stereocenters. The summed E-state index contributed by atoms with van der Waals surface area (Å²) in [5.74, 6) is -0.141. The van der Waals surface area contributed by atoms with Crippen LogP contribution in [0, 0.1) is 5.82 Å². The van der Waals surface area contributed by atoms with Gasteiger partial charge in [0, 0.05) is 26.2 Å². The molecule has 1 saturated heterocycles. The normalized spacial score (nSPS) is 18.1. The number of unbranched alkanes of at least 4 members (excludes halogenated alkanes) is 2. The summed E-state index contributed by atoms with van der Waals surface area (Å²) in [5.41, 5.74) is 0.839. The van der Waals surface area contributed by atoms with Crippen molar-refractivity contribution in [2.45, 2.75) is 32.2 Å². The van der Waals surface area contributed by atoms with E-state index in [9.17, 15) is 14.0 Å². The molecule has 1 amide bonds. The molecule has 0 radical (unpaired) electrons. The van der Waals surface area contributed by atoms with Crippen molar-refractivity contribution in [1.82, 2.24) is 9.80 Å². The maximum Gasteiger partial charge on any atom is 0.290 e. The van der Waals surface area contributed by atoms with Gasteiger partial charge in [-0.2, -0.15) is 0 Å². The fraction of sp³-hybridized carbons (Fsp3) is 0.429. The molecule has 3 heterocycles. The summed E-state index contributed by atoms with van der Waals surface area (Å²) >= 11 is 0. The third-order valence-electron chi connectivity index (χ3n) is 6.88. The molecule has 0 spiro atoms. The Morgan fingerprint density at radius 2 is 1.89 bits per heavy atom. The monoisotopic (exact) mass is 494 g/mol. The second-order valence-electron chi connectivity index (χ2n) is 9.30. The lowest BCUT2D eigenvalue weighted by atomic mass is 9.98. The van der Waals surface area contributed by atoms with Gasteiger partial charge in [0.1, 0.15) is 17.1 Å². The molecular formula is C28H31FN2O5. The molecule has 8 heteroatoms. The van der Waals surface area contributed by atoms with Crippen LogP contribution in [0.2, 0.25) is 0 Å². The Morgan fingerprint density at radius 3 is 2.69 bits per heavy atom. The topological polar surface area (TPSA) is 72.2 Å². The number of halogens is 1. The van der Waals surface area contributed by atoms with Crippen LogP contribution in [0.4, 0.5) is 4.39 Å². The van der Waals surface area contributed by atoms with Crippen molar-refractivity contribution in [2.24, 2.45) is 0 Å². The summed E-state index contributed by atoms with van der Waals surface area (Å²) in [7, 11) is 0. The number of morpholine rings is 1. The molecule has 0 saturated carbocycles. The lowest BCUT2D eigenvalue weighted by Crippen LogP contribution is -2.42. The molecule has 0 N–H and O–H groups in total. The number of nitrogens with zero attached hydrogens (tertiary/aromatic N) is 2. The van der Waals surface area contributed by atoms with Crippen molar-refractivity contribution < 1.29 is 23.1 Å². The molecule has 2 aromatic carbocycles. The molecule has 190 valence electrons. The molecular weight excluding hydrogens is 463 g/mol. The van der Waals surface area contributed by atoms with Crippen LogP contribution in [-0.2, 0) is 4.74 Å². The van der Waals surface area contributed by atoms with Crippen LogP contribution in [-0.4, -0.2) is 61.7 Å². The number of rotatable bonds is 9. The molecule has 0 bridgehead atoms. The molecule has 1 fully saturated rings. The zero-order valence-corrected chi connectivity index (χ0v) is 20.5. The third-order valence-corrected chi connectivity index (χ3v) is 6.88. The van der Waals surface area contributed by atoms with Gasteiger partial charge in [-0.3, -0.25) is 14.5 Å². The number of carbonyl (C=O) groups excluding carboxylic acids is 1. The highest BCUT2D eigenvalue weighted by molar-refractivity contribution is 5.99. The zero-order chi connectivity index (χ0) is 25.1. The van der Waals surface area contributed by atoms with E-state index in [1.807, 2.05) is 24.3 Å². The molecule has 5 rings (SSSR count). The van der Waals surface area contributed by atoms with Crippen molar-refractivity contribution in [3.63, 3.8) is 0 Å². The van der Waals surface area contributed by atoms with Crippen LogP contribution in [0.3, 0.4) is 0 Å². The van der Waals surface area contributed by atoms with Gasteiger partial charge in [0.25, 0.3) is 5.91 Å². The van der Waals surface area contributed by atoms with Crippen molar-refractivity contribution >= 4 is 16.9 Å². The smallest absolute Gasteiger partial charge is 0.290 e. The molecule has 1 atom stereocenters. The first kappa shape index (κ1) is 24.5. The molecule has 7 nitrogen and oxygen atoms in total. The zero-order valence-electron chi connectivity index (χ0n) is 20.5. The summed E-state index contributed by atoms with van der Waals surface area (Å²) in [6.07, 6.45) is 3.15. The standard InChI is InChI=1S/C28H31FN2O5/c1-2-3-4-14-35-21-7-5-6-19(17-21)25-24-26(32)22-18-20(29)8-9-23(22)36-27(24)28(33)31(25)11-10-30-12-15-34-16-13-30/h5-9,17-18,25H,2-4,10-16H2,1H3. The average molecular weight is 495 g/mol. The van der Waals surface area contributed by atoms with E-state index in [-0.39, 0.29) is 33.6 Å². The van der Waals surface area contributed by atoms with E-state index < -0.39 is 11.9 Å². The van der Waals surface area contributed by atoms with Crippen LogP contribution in [0.1, 0.15) is 53.9 Å². The predicted molar refractivity (Wildman–Crippen MR) is 134 cm³/mol. The number of benzene rings is 2. The minimum absolute atomic E-state index is 0.0281. The second-order valence-corrected chi connectivity index (χ2v) is 9.30. The van der Waals surface area contributed by atoms with E-state index in [2.05, 4.69) is 11.8 Å². The quantitative estimate of drug-likeness (QED) is 0.411. The number of amides is 1. The summed E-state index contributed by atoms with van der Waals surface area (Å²) in [6, 6.07) is 10.7. The Morgan fingerprint density at radius 1 is 1.06 bits per heavy atom. The Bertz CT molecular complexity index is 1300. The lowest BCUT2D eigenvalue weighted by Gasteiger charge is -2.31. The largest absolute Gasteiger partial charge is 0.494 e. The highest BCUT2D eigenvalue weighted by atomic mass is 19.1. The van der Waals surface area contributed by atoms with Crippen LogP contribution in [0.15, 0.2) is 51.7 Å². The Hall–Kier alpha value is -3.23. The molecule has 0 aliphatic carbocycles. The van der Waals surface area contributed by atoms with Crippen LogP contribution >= 0.6 is 0 Å². The Kier molecular flexibility index (Phi) is 7.34. The van der Waals surface area contributed by atoms with Crippen LogP contribution in [0.5, 0.6) is 5.75 Å². The molecule has 1 aromatic heterocycles. The molecule has 36 heavy (non-hydrogen) atoms. The third kappa shape index (κ3) is 4.88. The van der Waals surface area contributed by atoms with E-state index in [1.165, 1.54) is 18.2 Å². The maximum atomic E-state index is 14.0. The minimum Gasteiger partial charge on any atom is -0.494 e. The highest BCUT2D eigenvalue weighted by Gasteiger charge is 2.42. The van der Waals surface area contributed by atoms with Gasteiger partial charge in [-0.15, -0.1) is 0 Å². The first-order valence-corrected chi connectivity index (χ1v) is 12.7. The number of hydrogen-bond donors (Lipinski definition) is 0. The lowest BCUT2D eigenvalue weighted by molar-refractivity contribution is 0.0314. The summed E-state index contributed by atoms with van der Waals surface area (Å²) < 4.78 is 31.3. The van der Waals surface area contributed by atoms with Gasteiger partial charge < -0.3 is 18.8 Å². The predicted octanol–water partition coefficient (Wildman–Crippen LogP) is 4.38. The van der Waals surface area contributed by atoms with Gasteiger partial charge in [0.2, 0.25) is 5.76 Å². The van der Waals surface area contributed by atoms with Crippen molar-refractivity contribution in [1.29, 1.82) is 0 Å². The van der Waals surface area contributed by atoms with Crippen molar-refractivity contribution in [2.75, 3.05) is 46.0 Å². The molecule has 2 aliphatic rings. The SMILES string of the molecule is CCCCCOc1cccc(C2c3c(oc4ccc(F)cc4c3=O)C(=O)N2CCN2CCOCC2)c1. The van der Waals surface area contributed by atoms with Gasteiger partial charge in [0.15, 0.2) is 5.43 Å². The Balaban J connectivity index is 1.53. The highest BCUT2D eigenvalue weighted by Crippen LogP contribution is 2.39. The molecule has 3 aromatic rings. The minimum atomic E-state index is -0.642. The average Bonchev–Trinajstić information content (AvgIpc) is 3.18. The van der Waals surface area contributed by atoms with Gasteiger partial charge in [0.05, 0.1) is 36.8 Å². The van der Waals surface area contributed by atoms with Gasteiger partial charge >= 0.3 is 0 Å². The fourth-order valence-electron chi connectivity index (χ4n) is 4.96. The van der Waals surface area contributed by atoms with Gasteiger partial charge in [-0.05, 0) is 42.3 Å². The number of ether oxygens (including phenoxy) is 2. The number of carbonyl (C=O) groups is 1. The first-order chi connectivity index (χ1) is 17.6. The van der Waals surface area contributed by atoms with Gasteiger partial charge in [-0.25, -0.2) is 4.39 Å². The summed E-state index contributed by atoms with van der Waals surface area (Å²) in [6.45, 7) is 6.71. The maximum absolute atomic E-state index is 14.0. The second kappa shape index (κ2) is 10.8. The Labute approximate surface area is 209 Å². The summed E-state index contributed by atoms with van der Waals surface area (Å²) in [5, 5.41) is 0.133. The van der Waals surface area contributed by atoms with E-state index in [0.29, 0.717) is 38.7 Å².